The Hall–Kier alpha value is -4.34. The summed E-state index contributed by atoms with van der Waals surface area (Å²) in [5.41, 5.74) is 3.67. The van der Waals surface area contributed by atoms with E-state index in [0.717, 1.165) is 10.4 Å². The molecule has 2 aromatic heterocycles. The number of rotatable bonds is 4. The van der Waals surface area contributed by atoms with Gasteiger partial charge in [0.15, 0.2) is 5.65 Å². The first kappa shape index (κ1) is 19.6. The number of halogens is 1. The molecule has 1 fully saturated rings. The van der Waals surface area contributed by atoms with Crippen LogP contribution in [0.4, 0.5) is 10.1 Å². The second-order valence-corrected chi connectivity index (χ2v) is 7.41. The Kier molecular flexibility index (Phi) is 4.74. The normalized spacial score (nSPS) is 16.0. The predicted octanol–water partition coefficient (Wildman–Crippen LogP) is 1.84. The molecule has 3 heterocycles. The van der Waals surface area contributed by atoms with Gasteiger partial charge in [0.25, 0.3) is 5.56 Å². The number of anilines is 1. The van der Waals surface area contributed by atoms with Gasteiger partial charge < -0.3 is 4.90 Å². The molecule has 1 saturated heterocycles. The number of amides is 2. The van der Waals surface area contributed by atoms with Crippen LogP contribution < -0.4 is 15.9 Å². The van der Waals surface area contributed by atoms with Crippen LogP contribution in [0.2, 0.25) is 0 Å². The second kappa shape index (κ2) is 7.73. The molecule has 4 aromatic rings. The van der Waals surface area contributed by atoms with Gasteiger partial charge in [0.1, 0.15) is 17.5 Å². The predicted molar refractivity (Wildman–Crippen MR) is 114 cm³/mol. The third-order valence-corrected chi connectivity index (χ3v) is 5.35. The molecule has 0 bridgehead atoms. The highest BCUT2D eigenvalue weighted by atomic mass is 19.1. The summed E-state index contributed by atoms with van der Waals surface area (Å²) in [5.74, 6) is -1.81. The van der Waals surface area contributed by atoms with E-state index < -0.39 is 23.2 Å². The van der Waals surface area contributed by atoms with Gasteiger partial charge in [-0.3, -0.25) is 19.8 Å². The maximum Gasteiger partial charge on any atom is 0.283 e. The van der Waals surface area contributed by atoms with Crippen LogP contribution in [-0.4, -0.2) is 37.8 Å². The summed E-state index contributed by atoms with van der Waals surface area (Å²) >= 11 is 0. The molecule has 0 saturated carbocycles. The Labute approximate surface area is 180 Å². The van der Waals surface area contributed by atoms with E-state index in [9.17, 15) is 18.8 Å². The van der Waals surface area contributed by atoms with E-state index in [-0.39, 0.29) is 24.3 Å². The Morgan fingerprint density at radius 2 is 1.78 bits per heavy atom. The molecular weight excluding hydrogens is 415 g/mol. The smallest absolute Gasteiger partial charge is 0.283 e. The van der Waals surface area contributed by atoms with Crippen molar-refractivity contribution in [3.05, 3.63) is 83.3 Å². The Balaban J connectivity index is 1.36. The van der Waals surface area contributed by atoms with Crippen molar-refractivity contribution >= 4 is 28.5 Å². The Morgan fingerprint density at radius 1 is 1.03 bits per heavy atom. The van der Waals surface area contributed by atoms with E-state index in [0.29, 0.717) is 11.3 Å². The SMILES string of the molecule is O=C(Nn1cnc2c(cnn2-c2ccccc2)c1=O)C1CC(=O)N(c2ccc(F)cc2)C1. The average molecular weight is 432 g/mol. The van der Waals surface area contributed by atoms with Crippen molar-refractivity contribution in [1.82, 2.24) is 19.4 Å². The van der Waals surface area contributed by atoms with Gasteiger partial charge in [-0.2, -0.15) is 5.10 Å². The van der Waals surface area contributed by atoms with E-state index in [4.69, 9.17) is 0 Å². The van der Waals surface area contributed by atoms with Crippen molar-refractivity contribution in [2.24, 2.45) is 5.92 Å². The van der Waals surface area contributed by atoms with Crippen molar-refractivity contribution in [1.29, 1.82) is 0 Å². The monoisotopic (exact) mass is 432 g/mol. The van der Waals surface area contributed by atoms with Crippen molar-refractivity contribution in [2.75, 3.05) is 16.9 Å². The van der Waals surface area contributed by atoms with Gasteiger partial charge >= 0.3 is 0 Å². The molecule has 2 aromatic carbocycles. The van der Waals surface area contributed by atoms with Crippen molar-refractivity contribution in [3.63, 3.8) is 0 Å². The highest BCUT2D eigenvalue weighted by Crippen LogP contribution is 2.25. The lowest BCUT2D eigenvalue weighted by Gasteiger charge is -2.17. The van der Waals surface area contributed by atoms with Crippen LogP contribution in [0.3, 0.4) is 0 Å². The molecule has 1 unspecified atom stereocenters. The number of hydrogen-bond donors (Lipinski definition) is 1. The minimum atomic E-state index is -0.665. The zero-order chi connectivity index (χ0) is 22.2. The molecule has 1 N–H and O–H groups in total. The molecule has 0 spiro atoms. The number of benzene rings is 2. The number of carbonyl (C=O) groups is 2. The van der Waals surface area contributed by atoms with Gasteiger partial charge in [-0.25, -0.2) is 18.7 Å². The summed E-state index contributed by atoms with van der Waals surface area (Å²) in [6, 6.07) is 14.7. The van der Waals surface area contributed by atoms with Gasteiger partial charge in [-0.15, -0.1) is 0 Å². The van der Waals surface area contributed by atoms with Crippen LogP contribution >= 0.6 is 0 Å². The molecule has 1 aliphatic heterocycles. The molecule has 5 rings (SSSR count). The lowest BCUT2D eigenvalue weighted by molar-refractivity contribution is -0.123. The third kappa shape index (κ3) is 3.41. The van der Waals surface area contributed by atoms with Gasteiger partial charge in [0.2, 0.25) is 11.8 Å². The highest BCUT2D eigenvalue weighted by molar-refractivity contribution is 6.01. The summed E-state index contributed by atoms with van der Waals surface area (Å²) in [6.45, 7) is 0.132. The summed E-state index contributed by atoms with van der Waals surface area (Å²) in [6.07, 6.45) is 2.60. The van der Waals surface area contributed by atoms with Gasteiger partial charge in [-0.1, -0.05) is 18.2 Å². The van der Waals surface area contributed by atoms with Crippen molar-refractivity contribution < 1.29 is 14.0 Å². The lowest BCUT2D eigenvalue weighted by Crippen LogP contribution is -2.37. The number of fused-ring (bicyclic) bond motifs is 1. The molecule has 2 amide bonds. The van der Waals surface area contributed by atoms with Crippen LogP contribution in [0.5, 0.6) is 0 Å². The standard InChI is InChI=1S/C22H17FN6O3/c23-15-6-8-16(9-7-15)27-12-14(10-19(27)30)21(31)26-28-13-24-20-18(22(28)32)11-25-29(20)17-4-2-1-3-5-17/h1-9,11,13-14H,10,12H2,(H,26,31). The zero-order valence-electron chi connectivity index (χ0n) is 16.7. The van der Waals surface area contributed by atoms with E-state index in [1.54, 1.807) is 4.68 Å². The number of para-hydroxylation sites is 1. The average Bonchev–Trinajstić information content (AvgIpc) is 3.41. The number of carbonyl (C=O) groups excluding carboxylic acids is 2. The Bertz CT molecular complexity index is 1380. The minimum absolute atomic E-state index is 0.0143. The molecule has 32 heavy (non-hydrogen) atoms. The second-order valence-electron chi connectivity index (χ2n) is 7.41. The molecule has 0 radical (unpaired) electrons. The molecule has 1 atom stereocenters. The van der Waals surface area contributed by atoms with Crippen molar-refractivity contribution in [2.45, 2.75) is 6.42 Å². The first-order valence-electron chi connectivity index (χ1n) is 9.89. The summed E-state index contributed by atoms with van der Waals surface area (Å²) in [5, 5.41) is 4.48. The fraction of sp³-hybridized carbons (Fsp3) is 0.136. The lowest BCUT2D eigenvalue weighted by atomic mass is 10.1. The summed E-state index contributed by atoms with van der Waals surface area (Å²) in [4.78, 5) is 43.7. The minimum Gasteiger partial charge on any atom is -0.312 e. The zero-order valence-corrected chi connectivity index (χ0v) is 16.7. The van der Waals surface area contributed by atoms with E-state index in [1.165, 1.54) is 41.7 Å². The van der Waals surface area contributed by atoms with Crippen LogP contribution in [0.1, 0.15) is 6.42 Å². The van der Waals surface area contributed by atoms with Crippen LogP contribution in [0.25, 0.3) is 16.7 Å². The maximum atomic E-state index is 13.2. The number of nitrogens with zero attached hydrogens (tertiary/aromatic N) is 5. The first-order valence-corrected chi connectivity index (χ1v) is 9.89. The fourth-order valence-electron chi connectivity index (χ4n) is 3.71. The largest absolute Gasteiger partial charge is 0.312 e. The van der Waals surface area contributed by atoms with Gasteiger partial charge in [0, 0.05) is 18.7 Å². The quantitative estimate of drug-likeness (QED) is 0.530. The molecule has 160 valence electrons. The third-order valence-electron chi connectivity index (χ3n) is 5.35. The van der Waals surface area contributed by atoms with Crippen molar-refractivity contribution in [3.8, 4) is 5.69 Å². The fourth-order valence-corrected chi connectivity index (χ4v) is 3.71. The highest BCUT2D eigenvalue weighted by Gasteiger charge is 2.35. The molecular formula is C22H17FN6O3. The van der Waals surface area contributed by atoms with E-state index in [1.807, 2.05) is 30.3 Å². The summed E-state index contributed by atoms with van der Waals surface area (Å²) < 4.78 is 15.7. The van der Waals surface area contributed by atoms with E-state index >= 15 is 0 Å². The molecule has 0 aliphatic carbocycles. The topological polar surface area (TPSA) is 102 Å². The van der Waals surface area contributed by atoms with Crippen LogP contribution in [0.15, 0.2) is 71.9 Å². The van der Waals surface area contributed by atoms with Crippen LogP contribution in [-0.2, 0) is 9.59 Å². The number of hydrogen-bond acceptors (Lipinski definition) is 5. The molecule has 10 heteroatoms. The molecule has 1 aliphatic rings. The number of aromatic nitrogens is 4. The number of nitrogens with one attached hydrogen (secondary N) is 1. The first-order chi connectivity index (χ1) is 15.5. The summed E-state index contributed by atoms with van der Waals surface area (Å²) in [7, 11) is 0. The van der Waals surface area contributed by atoms with Crippen LogP contribution in [0, 0.1) is 11.7 Å². The molecule has 9 nitrogen and oxygen atoms in total. The van der Waals surface area contributed by atoms with E-state index in [2.05, 4.69) is 15.5 Å². The Morgan fingerprint density at radius 3 is 2.53 bits per heavy atom. The van der Waals surface area contributed by atoms with Gasteiger partial charge in [-0.05, 0) is 36.4 Å². The van der Waals surface area contributed by atoms with Gasteiger partial charge in [0.05, 0.1) is 17.8 Å². The maximum absolute atomic E-state index is 13.2.